The second kappa shape index (κ2) is 8.09. The molecule has 6 nitrogen and oxygen atoms in total. The minimum atomic E-state index is -0.880. The van der Waals surface area contributed by atoms with Gasteiger partial charge in [0, 0.05) is 32.3 Å². The van der Waals surface area contributed by atoms with Gasteiger partial charge in [0.1, 0.15) is 0 Å². The van der Waals surface area contributed by atoms with Crippen LogP contribution < -0.4 is 0 Å². The molecule has 1 rings (SSSR count). The number of amides is 2. The topological polar surface area (TPSA) is 81.1 Å². The lowest BCUT2D eigenvalue weighted by Crippen LogP contribution is -2.47. The van der Waals surface area contributed by atoms with Crippen LogP contribution in [-0.2, 0) is 4.79 Å². The van der Waals surface area contributed by atoms with Crippen molar-refractivity contribution in [3.8, 4) is 0 Å². The SMILES string of the molecule is CCN(CC(C)C(=O)O)C(=O)N1CCCC1CCCO. The quantitative estimate of drug-likeness (QED) is 0.741. The van der Waals surface area contributed by atoms with Gasteiger partial charge in [-0.05, 0) is 32.6 Å². The number of carboxylic acid groups (broad SMARTS) is 1. The Kier molecular flexibility index (Phi) is 6.78. The van der Waals surface area contributed by atoms with Crippen LogP contribution in [0.3, 0.4) is 0 Å². The normalized spacial score (nSPS) is 19.9. The molecule has 116 valence electrons. The molecule has 0 aliphatic carbocycles. The van der Waals surface area contributed by atoms with Crippen molar-refractivity contribution in [2.75, 3.05) is 26.2 Å². The first-order valence-corrected chi connectivity index (χ1v) is 7.40. The molecule has 1 aliphatic heterocycles. The second-order valence-corrected chi connectivity index (χ2v) is 5.42. The van der Waals surface area contributed by atoms with Crippen molar-refractivity contribution in [1.82, 2.24) is 9.80 Å². The molecule has 0 spiro atoms. The molecule has 0 saturated carbocycles. The van der Waals surface area contributed by atoms with Crippen molar-refractivity contribution < 1.29 is 19.8 Å². The molecule has 1 fully saturated rings. The number of carboxylic acids is 1. The van der Waals surface area contributed by atoms with Crippen LogP contribution in [0.5, 0.6) is 0 Å². The average Bonchev–Trinajstić information content (AvgIpc) is 2.89. The van der Waals surface area contributed by atoms with Crippen LogP contribution in [0.4, 0.5) is 4.79 Å². The smallest absolute Gasteiger partial charge is 0.320 e. The minimum Gasteiger partial charge on any atom is -0.481 e. The van der Waals surface area contributed by atoms with Gasteiger partial charge in [-0.2, -0.15) is 0 Å². The zero-order chi connectivity index (χ0) is 15.1. The number of hydrogen-bond acceptors (Lipinski definition) is 3. The second-order valence-electron chi connectivity index (χ2n) is 5.42. The van der Waals surface area contributed by atoms with Gasteiger partial charge in [-0.3, -0.25) is 4.79 Å². The van der Waals surface area contributed by atoms with E-state index in [9.17, 15) is 9.59 Å². The fourth-order valence-corrected chi connectivity index (χ4v) is 2.65. The molecule has 20 heavy (non-hydrogen) atoms. The fourth-order valence-electron chi connectivity index (χ4n) is 2.65. The van der Waals surface area contributed by atoms with Crippen LogP contribution in [0.15, 0.2) is 0 Å². The molecule has 2 N–H and O–H groups in total. The summed E-state index contributed by atoms with van der Waals surface area (Å²) in [6, 6.07) is 0.116. The molecular formula is C14H26N2O4. The number of aliphatic carboxylic acids is 1. The number of rotatable bonds is 7. The number of carbonyl (C=O) groups excluding carboxylic acids is 1. The summed E-state index contributed by atoms with van der Waals surface area (Å²) in [6.07, 6.45) is 3.46. The number of aliphatic hydroxyl groups is 1. The lowest BCUT2D eigenvalue weighted by Gasteiger charge is -2.32. The highest BCUT2D eigenvalue weighted by molar-refractivity contribution is 5.76. The van der Waals surface area contributed by atoms with E-state index in [1.54, 1.807) is 11.8 Å². The molecule has 1 aliphatic rings. The van der Waals surface area contributed by atoms with Gasteiger partial charge in [0.2, 0.25) is 0 Å². The van der Waals surface area contributed by atoms with Gasteiger partial charge in [-0.15, -0.1) is 0 Å². The molecule has 1 saturated heterocycles. The summed E-state index contributed by atoms with van der Waals surface area (Å²) >= 11 is 0. The van der Waals surface area contributed by atoms with E-state index in [0.29, 0.717) is 13.0 Å². The maximum Gasteiger partial charge on any atom is 0.320 e. The van der Waals surface area contributed by atoms with Gasteiger partial charge in [0.05, 0.1) is 5.92 Å². The Labute approximate surface area is 120 Å². The molecule has 0 radical (unpaired) electrons. The van der Waals surface area contributed by atoms with Gasteiger partial charge in [-0.1, -0.05) is 6.92 Å². The van der Waals surface area contributed by atoms with Crippen molar-refractivity contribution in [2.45, 2.75) is 45.6 Å². The molecule has 1 heterocycles. The predicted octanol–water partition coefficient (Wildman–Crippen LogP) is 1.39. The van der Waals surface area contributed by atoms with Crippen LogP contribution >= 0.6 is 0 Å². The lowest BCUT2D eigenvalue weighted by molar-refractivity contribution is -0.141. The van der Waals surface area contributed by atoms with Gasteiger partial charge in [-0.25, -0.2) is 4.79 Å². The number of likely N-dealkylation sites (tertiary alicyclic amines) is 1. The molecule has 2 amide bonds. The van der Waals surface area contributed by atoms with Gasteiger partial charge >= 0.3 is 12.0 Å². The molecule has 0 bridgehead atoms. The minimum absolute atomic E-state index is 0.0685. The van der Waals surface area contributed by atoms with Crippen molar-refractivity contribution in [3.05, 3.63) is 0 Å². The van der Waals surface area contributed by atoms with Crippen LogP contribution in [0.1, 0.15) is 39.5 Å². The number of aliphatic hydroxyl groups excluding tert-OH is 1. The zero-order valence-corrected chi connectivity index (χ0v) is 12.4. The molecule has 2 unspecified atom stereocenters. The average molecular weight is 286 g/mol. The standard InChI is InChI=1S/C14H26N2O4/c1-3-15(10-11(2)13(18)19)14(20)16-8-4-6-12(16)7-5-9-17/h11-12,17H,3-10H2,1-2H3,(H,18,19). The van der Waals surface area contributed by atoms with E-state index in [4.69, 9.17) is 10.2 Å². The maximum atomic E-state index is 12.5. The Morgan fingerprint density at radius 2 is 2.15 bits per heavy atom. The maximum absolute atomic E-state index is 12.5. The summed E-state index contributed by atoms with van der Waals surface area (Å²) in [6.45, 7) is 5.11. The highest BCUT2D eigenvalue weighted by atomic mass is 16.4. The van der Waals surface area contributed by atoms with Crippen LogP contribution in [0, 0.1) is 5.92 Å². The summed E-state index contributed by atoms with van der Waals surface area (Å²) in [5, 5.41) is 17.9. The van der Waals surface area contributed by atoms with E-state index < -0.39 is 11.9 Å². The third kappa shape index (κ3) is 4.37. The molecule has 0 aromatic heterocycles. The number of nitrogens with zero attached hydrogens (tertiary/aromatic N) is 2. The summed E-state index contributed by atoms with van der Waals surface area (Å²) in [7, 11) is 0. The Morgan fingerprint density at radius 3 is 2.70 bits per heavy atom. The van der Waals surface area contributed by atoms with Crippen LogP contribution in [-0.4, -0.2) is 64.3 Å². The van der Waals surface area contributed by atoms with Crippen molar-refractivity contribution in [1.29, 1.82) is 0 Å². The molecule has 0 aromatic rings. The van der Waals surface area contributed by atoms with E-state index in [1.807, 2.05) is 11.8 Å². The van der Waals surface area contributed by atoms with Crippen molar-refractivity contribution in [2.24, 2.45) is 5.92 Å². The molecule has 6 heteroatoms. The number of carbonyl (C=O) groups is 2. The largest absolute Gasteiger partial charge is 0.481 e. The summed E-state index contributed by atoms with van der Waals surface area (Å²) in [5.74, 6) is -1.44. The lowest BCUT2D eigenvalue weighted by atomic mass is 10.1. The van der Waals surface area contributed by atoms with E-state index >= 15 is 0 Å². The van der Waals surface area contributed by atoms with Gasteiger partial charge in [0.15, 0.2) is 0 Å². The van der Waals surface area contributed by atoms with E-state index in [1.165, 1.54) is 0 Å². The molecular weight excluding hydrogens is 260 g/mol. The first-order valence-electron chi connectivity index (χ1n) is 7.40. The van der Waals surface area contributed by atoms with E-state index in [2.05, 4.69) is 0 Å². The third-order valence-electron chi connectivity index (χ3n) is 3.89. The molecule has 2 atom stereocenters. The first-order chi connectivity index (χ1) is 9.51. The van der Waals surface area contributed by atoms with Crippen LogP contribution in [0.2, 0.25) is 0 Å². The van der Waals surface area contributed by atoms with E-state index in [0.717, 1.165) is 25.8 Å². The Balaban J connectivity index is 2.62. The van der Waals surface area contributed by atoms with Crippen molar-refractivity contribution >= 4 is 12.0 Å². The number of hydrogen-bond donors (Lipinski definition) is 2. The molecule has 0 aromatic carbocycles. The third-order valence-corrected chi connectivity index (χ3v) is 3.89. The van der Waals surface area contributed by atoms with Crippen molar-refractivity contribution in [3.63, 3.8) is 0 Å². The first kappa shape index (κ1) is 16.8. The van der Waals surface area contributed by atoms with Gasteiger partial charge < -0.3 is 20.0 Å². The summed E-state index contributed by atoms with van der Waals surface area (Å²) in [4.78, 5) is 26.9. The van der Waals surface area contributed by atoms with E-state index in [-0.39, 0.29) is 25.2 Å². The monoisotopic (exact) mass is 286 g/mol. The Morgan fingerprint density at radius 1 is 1.45 bits per heavy atom. The fraction of sp³-hybridized carbons (Fsp3) is 0.857. The summed E-state index contributed by atoms with van der Waals surface area (Å²) in [5.41, 5.74) is 0. The zero-order valence-electron chi connectivity index (χ0n) is 12.4. The highest BCUT2D eigenvalue weighted by Crippen LogP contribution is 2.23. The Bertz CT molecular complexity index is 335. The Hall–Kier alpha value is -1.30. The van der Waals surface area contributed by atoms with Crippen LogP contribution in [0.25, 0.3) is 0 Å². The number of urea groups is 1. The van der Waals surface area contributed by atoms with Gasteiger partial charge in [0.25, 0.3) is 0 Å². The predicted molar refractivity (Wildman–Crippen MR) is 75.5 cm³/mol. The summed E-state index contributed by atoms with van der Waals surface area (Å²) < 4.78 is 0. The highest BCUT2D eigenvalue weighted by Gasteiger charge is 2.31.